The van der Waals surface area contributed by atoms with Gasteiger partial charge in [-0.15, -0.1) is 0 Å². The second-order valence-corrected chi connectivity index (χ2v) is 5.41. The lowest BCUT2D eigenvalue weighted by molar-refractivity contribution is -0.116. The number of nitrogens with one attached hydrogen (secondary N) is 1. The second kappa shape index (κ2) is 4.58. The Balaban J connectivity index is 2.05. The van der Waals surface area contributed by atoms with E-state index in [4.69, 9.17) is 0 Å². The fraction of sp³-hybridized carbons (Fsp3) is 0.462. The minimum atomic E-state index is 0.142. The van der Waals surface area contributed by atoms with Gasteiger partial charge in [-0.3, -0.25) is 4.79 Å². The first-order valence-corrected chi connectivity index (χ1v) is 6.42. The molecule has 1 aliphatic rings. The van der Waals surface area contributed by atoms with Crippen molar-refractivity contribution in [2.75, 3.05) is 5.32 Å². The summed E-state index contributed by atoms with van der Waals surface area (Å²) in [5.41, 5.74) is 3.22. The zero-order chi connectivity index (χ0) is 11.7. The van der Waals surface area contributed by atoms with Crippen LogP contribution in [0.2, 0.25) is 0 Å². The molecule has 2 rings (SSSR count). The van der Waals surface area contributed by atoms with Gasteiger partial charge in [0.1, 0.15) is 0 Å². The first kappa shape index (κ1) is 11.6. The average Bonchev–Trinajstić information content (AvgIpc) is 2.97. The molecule has 1 aromatic rings. The molecule has 1 aliphatic carbocycles. The van der Waals surface area contributed by atoms with Crippen LogP contribution in [0.15, 0.2) is 16.6 Å². The second-order valence-electron chi connectivity index (χ2n) is 4.62. The molecule has 0 aliphatic heterocycles. The van der Waals surface area contributed by atoms with Crippen LogP contribution in [-0.4, -0.2) is 5.91 Å². The fourth-order valence-electron chi connectivity index (χ4n) is 1.81. The molecule has 0 unspecified atom stereocenters. The van der Waals surface area contributed by atoms with Gasteiger partial charge in [-0.1, -0.05) is 15.9 Å². The van der Waals surface area contributed by atoms with Crippen LogP contribution in [0.1, 0.15) is 30.4 Å². The van der Waals surface area contributed by atoms with Crippen molar-refractivity contribution in [3.8, 4) is 0 Å². The number of anilines is 1. The Morgan fingerprint density at radius 2 is 1.94 bits per heavy atom. The highest BCUT2D eigenvalue weighted by Crippen LogP contribution is 2.33. The molecule has 86 valence electrons. The summed E-state index contributed by atoms with van der Waals surface area (Å²) in [6, 6.07) is 4.00. The highest BCUT2D eigenvalue weighted by molar-refractivity contribution is 9.10. The molecule has 0 heterocycles. The molecule has 0 atom stereocenters. The number of rotatable bonds is 3. The van der Waals surface area contributed by atoms with Crippen LogP contribution >= 0.6 is 15.9 Å². The maximum Gasteiger partial charge on any atom is 0.224 e. The quantitative estimate of drug-likeness (QED) is 0.897. The predicted octanol–water partition coefficient (Wildman–Crippen LogP) is 3.80. The maximum absolute atomic E-state index is 11.6. The summed E-state index contributed by atoms with van der Waals surface area (Å²) < 4.78 is 1.12. The van der Waals surface area contributed by atoms with Crippen LogP contribution in [0.5, 0.6) is 0 Å². The van der Waals surface area contributed by atoms with Gasteiger partial charge in [-0.25, -0.2) is 0 Å². The van der Waals surface area contributed by atoms with Crippen molar-refractivity contribution in [3.63, 3.8) is 0 Å². The van der Waals surface area contributed by atoms with E-state index in [2.05, 4.69) is 21.2 Å². The number of benzene rings is 1. The Kier molecular flexibility index (Phi) is 3.33. The van der Waals surface area contributed by atoms with Crippen molar-refractivity contribution >= 4 is 27.5 Å². The van der Waals surface area contributed by atoms with Crippen molar-refractivity contribution in [2.24, 2.45) is 5.92 Å². The topological polar surface area (TPSA) is 29.1 Å². The van der Waals surface area contributed by atoms with Gasteiger partial charge in [-0.05, 0) is 55.9 Å². The van der Waals surface area contributed by atoms with Crippen LogP contribution in [-0.2, 0) is 4.79 Å². The van der Waals surface area contributed by atoms with Gasteiger partial charge in [0.25, 0.3) is 0 Å². The fourth-order valence-corrected chi connectivity index (χ4v) is 2.04. The number of amides is 1. The number of halogens is 1. The van der Waals surface area contributed by atoms with Gasteiger partial charge in [0.15, 0.2) is 0 Å². The smallest absolute Gasteiger partial charge is 0.224 e. The van der Waals surface area contributed by atoms with Gasteiger partial charge < -0.3 is 5.32 Å². The molecule has 0 bridgehead atoms. The molecule has 1 aromatic carbocycles. The van der Waals surface area contributed by atoms with E-state index < -0.39 is 0 Å². The van der Waals surface area contributed by atoms with Gasteiger partial charge in [0.2, 0.25) is 5.91 Å². The minimum Gasteiger partial charge on any atom is -0.326 e. The van der Waals surface area contributed by atoms with E-state index in [0.717, 1.165) is 21.3 Å². The lowest BCUT2D eigenvalue weighted by Gasteiger charge is -2.09. The molecule has 0 saturated heterocycles. The van der Waals surface area contributed by atoms with E-state index >= 15 is 0 Å². The SMILES string of the molecule is Cc1cc(NC(=O)CC2CC2)cc(C)c1Br. The van der Waals surface area contributed by atoms with Gasteiger partial charge >= 0.3 is 0 Å². The van der Waals surface area contributed by atoms with Crippen molar-refractivity contribution in [1.29, 1.82) is 0 Å². The maximum atomic E-state index is 11.6. The standard InChI is InChI=1S/C13H16BrNO/c1-8-5-11(6-9(2)13(8)14)15-12(16)7-10-3-4-10/h5-6,10H,3-4,7H2,1-2H3,(H,15,16). The van der Waals surface area contributed by atoms with Gasteiger partial charge in [0, 0.05) is 16.6 Å². The Morgan fingerprint density at radius 1 is 1.38 bits per heavy atom. The third-order valence-electron chi connectivity index (χ3n) is 2.89. The third-order valence-corrected chi connectivity index (χ3v) is 4.14. The number of aryl methyl sites for hydroxylation is 2. The molecule has 1 N–H and O–H groups in total. The Hall–Kier alpha value is -0.830. The number of hydrogen-bond acceptors (Lipinski definition) is 1. The summed E-state index contributed by atoms with van der Waals surface area (Å²) in [5.74, 6) is 0.779. The summed E-state index contributed by atoms with van der Waals surface area (Å²) in [7, 11) is 0. The Morgan fingerprint density at radius 3 is 2.44 bits per heavy atom. The van der Waals surface area contributed by atoms with Crippen LogP contribution in [0.3, 0.4) is 0 Å². The largest absolute Gasteiger partial charge is 0.326 e. The monoisotopic (exact) mass is 281 g/mol. The summed E-state index contributed by atoms with van der Waals surface area (Å²) in [6.07, 6.45) is 3.10. The molecule has 0 aromatic heterocycles. The van der Waals surface area contributed by atoms with Crippen molar-refractivity contribution < 1.29 is 4.79 Å². The van der Waals surface area contributed by atoms with Crippen LogP contribution in [0.25, 0.3) is 0 Å². The van der Waals surface area contributed by atoms with E-state index in [1.165, 1.54) is 12.8 Å². The lowest BCUT2D eigenvalue weighted by Crippen LogP contribution is -2.12. The van der Waals surface area contributed by atoms with E-state index in [1.807, 2.05) is 26.0 Å². The molecule has 16 heavy (non-hydrogen) atoms. The molecule has 0 spiro atoms. The molecule has 2 nitrogen and oxygen atoms in total. The van der Waals surface area contributed by atoms with E-state index in [1.54, 1.807) is 0 Å². The molecule has 1 fully saturated rings. The lowest BCUT2D eigenvalue weighted by atomic mass is 10.1. The van der Waals surface area contributed by atoms with Crippen molar-refractivity contribution in [3.05, 3.63) is 27.7 Å². The summed E-state index contributed by atoms with van der Waals surface area (Å²) >= 11 is 3.52. The first-order valence-electron chi connectivity index (χ1n) is 5.63. The number of carbonyl (C=O) groups excluding carboxylic acids is 1. The van der Waals surface area contributed by atoms with Crippen molar-refractivity contribution in [2.45, 2.75) is 33.1 Å². The molecule has 1 amide bonds. The normalized spacial score (nSPS) is 14.9. The van der Waals surface area contributed by atoms with Gasteiger partial charge in [0.05, 0.1) is 0 Å². The molecule has 3 heteroatoms. The molecular formula is C13H16BrNO. The van der Waals surface area contributed by atoms with Crippen LogP contribution < -0.4 is 5.32 Å². The highest BCUT2D eigenvalue weighted by atomic mass is 79.9. The zero-order valence-corrected chi connectivity index (χ0v) is 11.2. The van der Waals surface area contributed by atoms with E-state index in [9.17, 15) is 4.79 Å². The third kappa shape index (κ3) is 2.85. The molecule has 0 radical (unpaired) electrons. The highest BCUT2D eigenvalue weighted by Gasteiger charge is 2.24. The molecule has 1 saturated carbocycles. The Bertz CT molecular complexity index is 401. The first-order chi connectivity index (χ1) is 7.56. The Labute approximate surface area is 105 Å². The van der Waals surface area contributed by atoms with E-state index in [-0.39, 0.29) is 5.91 Å². The number of carbonyl (C=O) groups is 1. The van der Waals surface area contributed by atoms with E-state index in [0.29, 0.717) is 12.3 Å². The predicted molar refractivity (Wildman–Crippen MR) is 69.6 cm³/mol. The van der Waals surface area contributed by atoms with Crippen LogP contribution in [0.4, 0.5) is 5.69 Å². The summed E-state index contributed by atoms with van der Waals surface area (Å²) in [6.45, 7) is 4.07. The number of hydrogen-bond donors (Lipinski definition) is 1. The molecular weight excluding hydrogens is 266 g/mol. The average molecular weight is 282 g/mol. The zero-order valence-electron chi connectivity index (χ0n) is 9.64. The van der Waals surface area contributed by atoms with Gasteiger partial charge in [-0.2, -0.15) is 0 Å². The summed E-state index contributed by atoms with van der Waals surface area (Å²) in [5, 5.41) is 2.96. The van der Waals surface area contributed by atoms with Crippen LogP contribution in [0, 0.1) is 19.8 Å². The summed E-state index contributed by atoms with van der Waals surface area (Å²) in [4.78, 5) is 11.6. The minimum absolute atomic E-state index is 0.142. The van der Waals surface area contributed by atoms with Crippen molar-refractivity contribution in [1.82, 2.24) is 0 Å².